The van der Waals surface area contributed by atoms with Crippen molar-refractivity contribution in [2.24, 2.45) is 5.92 Å². The van der Waals surface area contributed by atoms with Gasteiger partial charge in [0, 0.05) is 82.5 Å². The Morgan fingerprint density at radius 3 is 2.41 bits per heavy atom. The van der Waals surface area contributed by atoms with Crippen molar-refractivity contribution in [3.63, 3.8) is 0 Å². The highest BCUT2D eigenvalue weighted by Crippen LogP contribution is 2.28. The van der Waals surface area contributed by atoms with Crippen molar-refractivity contribution >= 4 is 6.03 Å². The lowest BCUT2D eigenvalue weighted by molar-refractivity contribution is 0.0857. The SMILES string of the molecule is C=C1C=CC=C(N2CCN(C(=O)NC3=CCC(OC)C(N4CCN(C)CC4)=C3)CC2)C1C. The highest BCUT2D eigenvalue weighted by atomic mass is 16.5. The molecule has 32 heavy (non-hydrogen) atoms. The summed E-state index contributed by atoms with van der Waals surface area (Å²) in [5, 5.41) is 3.14. The predicted octanol–water partition coefficient (Wildman–Crippen LogP) is 2.39. The van der Waals surface area contributed by atoms with Gasteiger partial charge in [-0.05, 0) is 31.2 Å². The molecule has 2 heterocycles. The monoisotopic (exact) mass is 439 g/mol. The molecular weight excluding hydrogens is 402 g/mol. The lowest BCUT2D eigenvalue weighted by atomic mass is 9.93. The van der Waals surface area contributed by atoms with E-state index in [-0.39, 0.29) is 12.1 Å². The molecule has 0 aromatic heterocycles. The summed E-state index contributed by atoms with van der Waals surface area (Å²) in [7, 11) is 3.92. The fourth-order valence-corrected chi connectivity index (χ4v) is 4.83. The Labute approximate surface area is 192 Å². The van der Waals surface area contributed by atoms with Crippen LogP contribution in [0.15, 0.2) is 59.6 Å². The van der Waals surface area contributed by atoms with Gasteiger partial charge >= 0.3 is 6.03 Å². The van der Waals surface area contributed by atoms with Crippen LogP contribution >= 0.6 is 0 Å². The van der Waals surface area contributed by atoms with Crippen LogP contribution in [-0.2, 0) is 4.74 Å². The van der Waals surface area contributed by atoms with Crippen molar-refractivity contribution in [2.75, 3.05) is 66.5 Å². The van der Waals surface area contributed by atoms with Crippen LogP contribution in [0.5, 0.6) is 0 Å². The van der Waals surface area contributed by atoms with Crippen LogP contribution in [0.2, 0.25) is 0 Å². The zero-order valence-corrected chi connectivity index (χ0v) is 19.7. The first-order valence-corrected chi connectivity index (χ1v) is 11.7. The molecule has 0 bridgehead atoms. The number of hydrogen-bond donors (Lipinski definition) is 1. The maximum atomic E-state index is 13.0. The molecule has 4 rings (SSSR count). The zero-order chi connectivity index (χ0) is 22.7. The van der Waals surface area contributed by atoms with Gasteiger partial charge in [-0.15, -0.1) is 0 Å². The largest absolute Gasteiger partial charge is 0.375 e. The maximum Gasteiger partial charge on any atom is 0.321 e. The minimum absolute atomic E-state index is 0.0178. The Balaban J connectivity index is 1.34. The van der Waals surface area contributed by atoms with E-state index in [1.54, 1.807) is 7.11 Å². The average Bonchev–Trinajstić information content (AvgIpc) is 2.81. The Bertz CT molecular complexity index is 842. The van der Waals surface area contributed by atoms with Crippen molar-refractivity contribution in [3.05, 3.63) is 59.6 Å². The van der Waals surface area contributed by atoms with Gasteiger partial charge in [-0.25, -0.2) is 4.79 Å². The molecule has 0 aromatic rings. The molecule has 174 valence electrons. The minimum atomic E-state index is -0.0178. The first kappa shape index (κ1) is 22.7. The van der Waals surface area contributed by atoms with E-state index in [2.05, 4.69) is 70.9 Å². The average molecular weight is 440 g/mol. The fourth-order valence-electron chi connectivity index (χ4n) is 4.83. The summed E-state index contributed by atoms with van der Waals surface area (Å²) in [5.41, 5.74) is 4.50. The number of rotatable bonds is 4. The van der Waals surface area contributed by atoms with Crippen molar-refractivity contribution in [3.8, 4) is 0 Å². The number of likely N-dealkylation sites (N-methyl/N-ethyl adjacent to an activating group) is 1. The normalized spacial score (nSPS) is 27.2. The van der Waals surface area contributed by atoms with Gasteiger partial charge in [0.25, 0.3) is 0 Å². The molecule has 0 aromatic carbocycles. The van der Waals surface area contributed by atoms with Crippen LogP contribution in [0.1, 0.15) is 13.3 Å². The second kappa shape index (κ2) is 9.96. The molecule has 0 radical (unpaired) electrons. The van der Waals surface area contributed by atoms with Gasteiger partial charge in [-0.1, -0.05) is 31.7 Å². The van der Waals surface area contributed by atoms with Gasteiger partial charge in [0.05, 0.1) is 0 Å². The van der Waals surface area contributed by atoms with Gasteiger partial charge in [0.1, 0.15) is 6.10 Å². The summed E-state index contributed by atoms with van der Waals surface area (Å²) in [6.45, 7) is 13.5. The van der Waals surface area contributed by atoms with E-state index in [1.165, 1.54) is 11.4 Å². The van der Waals surface area contributed by atoms with Crippen LogP contribution < -0.4 is 5.32 Å². The zero-order valence-electron chi connectivity index (χ0n) is 19.7. The Kier molecular flexibility index (Phi) is 7.06. The Morgan fingerprint density at radius 2 is 1.72 bits per heavy atom. The van der Waals surface area contributed by atoms with Crippen LogP contribution in [0.4, 0.5) is 4.79 Å². The number of carbonyl (C=O) groups excluding carboxylic acids is 1. The third-order valence-corrected chi connectivity index (χ3v) is 7.10. The summed E-state index contributed by atoms with van der Waals surface area (Å²) in [6.07, 6.45) is 11.3. The summed E-state index contributed by atoms with van der Waals surface area (Å²) >= 11 is 0. The first-order chi connectivity index (χ1) is 15.5. The number of piperazine rings is 2. The van der Waals surface area contributed by atoms with Crippen LogP contribution in [-0.4, -0.2) is 98.3 Å². The molecule has 2 saturated heterocycles. The molecule has 7 nitrogen and oxygen atoms in total. The molecular formula is C25H37N5O2. The van der Waals surface area contributed by atoms with E-state index in [1.807, 2.05) is 4.90 Å². The highest BCUT2D eigenvalue weighted by molar-refractivity contribution is 5.77. The van der Waals surface area contributed by atoms with E-state index in [9.17, 15) is 4.79 Å². The number of urea groups is 1. The molecule has 0 saturated carbocycles. The quantitative estimate of drug-likeness (QED) is 0.729. The van der Waals surface area contributed by atoms with Gasteiger partial charge < -0.3 is 29.7 Å². The van der Waals surface area contributed by atoms with Gasteiger partial charge in [-0.3, -0.25) is 0 Å². The van der Waals surface area contributed by atoms with E-state index in [0.29, 0.717) is 5.92 Å². The molecule has 4 aliphatic rings. The van der Waals surface area contributed by atoms with Crippen LogP contribution in [0.25, 0.3) is 0 Å². The lowest BCUT2D eigenvalue weighted by Crippen LogP contribution is -2.52. The van der Waals surface area contributed by atoms with Crippen molar-refractivity contribution < 1.29 is 9.53 Å². The van der Waals surface area contributed by atoms with Crippen LogP contribution in [0, 0.1) is 5.92 Å². The number of allylic oxidation sites excluding steroid dienone is 5. The number of ether oxygens (including phenoxy) is 1. The van der Waals surface area contributed by atoms with E-state index >= 15 is 0 Å². The molecule has 2 fully saturated rings. The summed E-state index contributed by atoms with van der Waals surface area (Å²) in [4.78, 5) is 22.0. The molecule has 7 heteroatoms. The van der Waals surface area contributed by atoms with Crippen molar-refractivity contribution in [2.45, 2.75) is 19.4 Å². The topological polar surface area (TPSA) is 51.3 Å². The van der Waals surface area contributed by atoms with Crippen molar-refractivity contribution in [1.29, 1.82) is 0 Å². The number of hydrogen-bond acceptors (Lipinski definition) is 5. The Morgan fingerprint density at radius 1 is 1.06 bits per heavy atom. The number of carbonyl (C=O) groups is 1. The molecule has 2 aliphatic carbocycles. The van der Waals surface area contributed by atoms with E-state index in [0.717, 1.165) is 70.0 Å². The van der Waals surface area contributed by atoms with Gasteiger partial charge in [-0.2, -0.15) is 0 Å². The van der Waals surface area contributed by atoms with Gasteiger partial charge in [0.15, 0.2) is 0 Å². The highest BCUT2D eigenvalue weighted by Gasteiger charge is 2.28. The molecule has 2 unspecified atom stereocenters. The maximum absolute atomic E-state index is 13.0. The molecule has 2 amide bonds. The van der Waals surface area contributed by atoms with E-state index in [4.69, 9.17) is 4.74 Å². The van der Waals surface area contributed by atoms with Crippen molar-refractivity contribution in [1.82, 2.24) is 24.9 Å². The second-order valence-electron chi connectivity index (χ2n) is 9.13. The fraction of sp³-hybridized carbons (Fsp3) is 0.560. The summed E-state index contributed by atoms with van der Waals surface area (Å²) in [6, 6.07) is -0.0178. The number of amides is 2. The molecule has 2 atom stereocenters. The van der Waals surface area contributed by atoms with Gasteiger partial charge in [0.2, 0.25) is 0 Å². The number of nitrogens with zero attached hydrogens (tertiary/aromatic N) is 4. The molecule has 2 aliphatic heterocycles. The molecule has 1 N–H and O–H groups in total. The number of nitrogens with one attached hydrogen (secondary N) is 1. The minimum Gasteiger partial charge on any atom is -0.375 e. The van der Waals surface area contributed by atoms with E-state index < -0.39 is 0 Å². The summed E-state index contributed by atoms with van der Waals surface area (Å²) < 4.78 is 5.73. The molecule has 0 spiro atoms. The summed E-state index contributed by atoms with van der Waals surface area (Å²) in [5.74, 6) is 0.333. The predicted molar refractivity (Wildman–Crippen MR) is 128 cm³/mol. The second-order valence-corrected chi connectivity index (χ2v) is 9.13. The number of methoxy groups -OCH3 is 1. The first-order valence-electron chi connectivity index (χ1n) is 11.7. The third-order valence-electron chi connectivity index (χ3n) is 7.10. The third kappa shape index (κ3) is 4.94. The standard InChI is InChI=1S/C25H37N5O2/c1-19-6-5-7-22(20(19)2)28-14-16-30(17-15-28)25(31)26-21-8-9-24(32-4)23(18-21)29-12-10-27(3)11-13-29/h5-8,18,20,24H,1,9-17H2,2-4H3,(H,26,31). The Hall–Kier alpha value is -2.51. The smallest absolute Gasteiger partial charge is 0.321 e. The lowest BCUT2D eigenvalue weighted by Gasteiger charge is -2.40. The van der Waals surface area contributed by atoms with Crippen LogP contribution in [0.3, 0.4) is 0 Å².